The fraction of sp³-hybridized carbons (Fsp3) is 0.417. The molecule has 0 radical (unpaired) electrons. The van der Waals surface area contributed by atoms with Crippen molar-refractivity contribution in [1.82, 2.24) is 98.9 Å². The summed E-state index contributed by atoms with van der Waals surface area (Å²) in [7, 11) is 0. The minimum absolute atomic E-state index is 0.0658. The van der Waals surface area contributed by atoms with E-state index in [1.165, 1.54) is 34.9 Å². The highest BCUT2D eigenvalue weighted by molar-refractivity contribution is 5.83. The number of aromatic nitrogens is 20. The van der Waals surface area contributed by atoms with Crippen LogP contribution in [0.5, 0.6) is 0 Å². The molecular formula is C96H112N20O8. The van der Waals surface area contributed by atoms with E-state index < -0.39 is 0 Å². The number of aryl methyl sites for hydroxylation is 4. The molecule has 28 heteroatoms. The van der Waals surface area contributed by atoms with Crippen molar-refractivity contribution in [3.05, 3.63) is 250 Å². The molecule has 12 aromatic rings. The van der Waals surface area contributed by atoms with Crippen molar-refractivity contribution in [1.29, 1.82) is 0 Å². The molecule has 644 valence electrons. The Kier molecular flexibility index (Phi) is 29.8. The van der Waals surface area contributed by atoms with Crippen molar-refractivity contribution < 1.29 is 38.1 Å². The van der Waals surface area contributed by atoms with Crippen LogP contribution in [-0.2, 0) is 90.0 Å². The highest BCUT2D eigenvalue weighted by Gasteiger charge is 2.33. The summed E-state index contributed by atoms with van der Waals surface area (Å²) >= 11 is 0. The topological polar surface area (TPSA) is 331 Å². The third-order valence-corrected chi connectivity index (χ3v) is 22.8. The van der Waals surface area contributed by atoms with Crippen LogP contribution in [0.1, 0.15) is 196 Å². The second-order valence-electron chi connectivity index (χ2n) is 33.3. The maximum Gasteiger partial charge on any atom is 0.160 e. The molecule has 0 bridgehead atoms. The average molecular weight is 1670 g/mol. The maximum atomic E-state index is 12.7. The summed E-state index contributed by atoms with van der Waals surface area (Å²) in [5, 5.41) is 18.7. The molecule has 0 N–H and O–H groups in total. The molecule has 4 aliphatic heterocycles. The van der Waals surface area contributed by atoms with E-state index in [1.54, 1.807) is 86.5 Å². The Hall–Kier alpha value is -12.2. The van der Waals surface area contributed by atoms with Crippen LogP contribution in [0, 0.1) is 55.4 Å². The molecule has 8 unspecified atom stereocenters. The number of nitrogens with zero attached hydrogens (tertiary/aromatic N) is 20. The molecule has 0 amide bonds. The maximum absolute atomic E-state index is 12.7. The molecule has 12 aromatic heterocycles. The highest BCUT2D eigenvalue weighted by atomic mass is 16.5. The smallest absolute Gasteiger partial charge is 0.160 e. The van der Waals surface area contributed by atoms with E-state index in [0.717, 1.165) is 151 Å². The van der Waals surface area contributed by atoms with Gasteiger partial charge in [-0.2, -0.15) is 20.4 Å². The molecule has 0 aliphatic carbocycles. The van der Waals surface area contributed by atoms with Gasteiger partial charge in [0.15, 0.2) is 34.8 Å². The molecule has 8 atom stereocenters. The summed E-state index contributed by atoms with van der Waals surface area (Å²) in [4.78, 5) is 102. The minimum atomic E-state index is 0.0658. The molecule has 16 heterocycles. The minimum Gasteiger partial charge on any atom is -0.376 e. The van der Waals surface area contributed by atoms with Crippen LogP contribution in [0.15, 0.2) is 160 Å². The lowest BCUT2D eigenvalue weighted by Crippen LogP contribution is -2.28. The van der Waals surface area contributed by atoms with Gasteiger partial charge in [0, 0.05) is 164 Å². The number of ketones is 4. The summed E-state index contributed by atoms with van der Waals surface area (Å²) < 4.78 is 30.8. The van der Waals surface area contributed by atoms with Gasteiger partial charge in [0.2, 0.25) is 0 Å². The Morgan fingerprint density at radius 2 is 0.621 bits per heavy atom. The Morgan fingerprint density at radius 3 is 0.911 bits per heavy atom. The molecule has 2 fully saturated rings. The van der Waals surface area contributed by atoms with Crippen molar-refractivity contribution in [2.24, 2.45) is 0 Å². The van der Waals surface area contributed by atoms with Crippen LogP contribution < -0.4 is 0 Å². The Bertz CT molecular complexity index is 5330. The number of hydrogen-bond donors (Lipinski definition) is 0. The molecule has 4 aliphatic rings. The lowest BCUT2D eigenvalue weighted by molar-refractivity contribution is -0.120. The van der Waals surface area contributed by atoms with Gasteiger partial charge in [-0.25, -0.2) is 39.9 Å². The second-order valence-corrected chi connectivity index (χ2v) is 33.3. The summed E-state index contributed by atoms with van der Waals surface area (Å²) in [6, 6.07) is 18.7. The number of hydrogen-bond acceptors (Lipinski definition) is 24. The van der Waals surface area contributed by atoms with Crippen LogP contribution in [0.2, 0.25) is 0 Å². The SMILES string of the molecule is Cc1nn(CC(=O)Cc2ccc(-c3cncnc3)cn2)c(C)c1C1=CC(C)OC(C)C1.Cc1nn(CC(=O)Cc2ccc(-c3cncnc3)cn2)c(C)c1C1CC(C)OC(C)C1.Cc1nn(CC(=O)Cc2ccc(-c3ncccn3)cn2)c(C)c1C1=CC(C)OC(C)C1.Cc1nn(CC(=O)Cc2ccc(-c3ncccn3)cn2)c(C)c1C1CC(C)OC(C)C1. The monoisotopic (exact) mass is 1670 g/mol. The molecular weight excluding hydrogens is 1560 g/mol. The summed E-state index contributed by atoms with van der Waals surface area (Å²) in [6.07, 6.45) is 36.3. The van der Waals surface area contributed by atoms with E-state index >= 15 is 0 Å². The first-order chi connectivity index (χ1) is 59.6. The largest absolute Gasteiger partial charge is 0.376 e. The third-order valence-electron chi connectivity index (χ3n) is 22.8. The summed E-state index contributed by atoms with van der Waals surface area (Å²) in [5.41, 5.74) is 23.7. The lowest BCUT2D eigenvalue weighted by atomic mass is 9.85. The van der Waals surface area contributed by atoms with Crippen LogP contribution >= 0.6 is 0 Å². The van der Waals surface area contributed by atoms with Gasteiger partial charge in [-0.05, 0) is 232 Å². The van der Waals surface area contributed by atoms with E-state index in [0.29, 0.717) is 23.5 Å². The Labute approximate surface area is 724 Å². The van der Waals surface area contributed by atoms with Crippen molar-refractivity contribution in [2.45, 2.75) is 262 Å². The number of carbonyl (C=O) groups is 4. The van der Waals surface area contributed by atoms with E-state index in [4.69, 9.17) is 24.0 Å². The number of pyridine rings is 4. The lowest BCUT2D eigenvalue weighted by Gasteiger charge is -2.32. The van der Waals surface area contributed by atoms with Crippen LogP contribution in [0.3, 0.4) is 0 Å². The quantitative estimate of drug-likeness (QED) is 0.0542. The van der Waals surface area contributed by atoms with Gasteiger partial charge < -0.3 is 18.9 Å². The average Bonchev–Trinajstić information content (AvgIpc) is 1.66. The van der Waals surface area contributed by atoms with Gasteiger partial charge in [0.25, 0.3) is 0 Å². The zero-order valence-corrected chi connectivity index (χ0v) is 73.9. The fourth-order valence-electron chi connectivity index (χ4n) is 17.6. The van der Waals surface area contributed by atoms with E-state index in [2.05, 4.69) is 156 Å². The number of Topliss-reactive ketones (excluding diaryl/α,β-unsaturated/α-hetero) is 4. The van der Waals surface area contributed by atoms with Crippen molar-refractivity contribution in [3.8, 4) is 45.0 Å². The fourth-order valence-corrected chi connectivity index (χ4v) is 17.6. The number of rotatable bonds is 24. The zero-order valence-electron chi connectivity index (χ0n) is 73.9. The molecule has 16 rings (SSSR count). The van der Waals surface area contributed by atoms with Gasteiger partial charge in [-0.1, -0.05) is 24.3 Å². The molecule has 0 saturated carbocycles. The predicted octanol–water partition coefficient (Wildman–Crippen LogP) is 15.2. The first-order valence-corrected chi connectivity index (χ1v) is 42.7. The molecule has 2 saturated heterocycles. The Morgan fingerprint density at radius 1 is 0.331 bits per heavy atom. The van der Waals surface area contributed by atoms with Gasteiger partial charge in [-0.15, -0.1) is 0 Å². The van der Waals surface area contributed by atoms with Crippen molar-refractivity contribution in [3.63, 3.8) is 0 Å². The van der Waals surface area contributed by atoms with Gasteiger partial charge in [-0.3, -0.25) is 57.8 Å². The first kappa shape index (κ1) is 89.5. The normalized spacial score (nSPS) is 19.9. The Balaban J connectivity index is 0.000000142. The molecule has 0 aromatic carbocycles. The van der Waals surface area contributed by atoms with E-state index in [-0.39, 0.29) is 124 Å². The second kappa shape index (κ2) is 41.3. The van der Waals surface area contributed by atoms with Crippen LogP contribution in [0.4, 0.5) is 0 Å². The van der Waals surface area contributed by atoms with Gasteiger partial charge in [0.05, 0.1) is 97.3 Å². The number of ether oxygens (including phenoxy) is 4. The summed E-state index contributed by atoms with van der Waals surface area (Å²) in [6.45, 7) is 34.1. The predicted molar refractivity (Wildman–Crippen MR) is 472 cm³/mol. The highest BCUT2D eigenvalue weighted by Crippen LogP contribution is 2.40. The first-order valence-electron chi connectivity index (χ1n) is 42.7. The molecule has 124 heavy (non-hydrogen) atoms. The van der Waals surface area contributed by atoms with E-state index in [9.17, 15) is 19.2 Å². The summed E-state index contributed by atoms with van der Waals surface area (Å²) in [5.74, 6) is 2.42. The van der Waals surface area contributed by atoms with Crippen molar-refractivity contribution >= 4 is 34.3 Å². The number of carbonyl (C=O) groups excluding carboxylic acids is 4. The van der Waals surface area contributed by atoms with Crippen LogP contribution in [0.25, 0.3) is 56.2 Å². The van der Waals surface area contributed by atoms with Crippen molar-refractivity contribution in [2.75, 3.05) is 0 Å². The zero-order chi connectivity index (χ0) is 87.8. The van der Waals surface area contributed by atoms with E-state index in [1.807, 2.05) is 109 Å². The standard InChI is InChI=1S/C24H29N5O2.C24H27N5O2.C24H29N5O2.C24H27N5O2/c2*1-15-10-20(11-16(2)31-15)23-17(3)28-29(18(23)4)14-22(30)12-21-7-6-19(13-27-21)24-25-8-5-9-26-24;2*1-15-7-20(8-16(2)31-15)24-17(3)28-29(18(24)4)13-23(30)9-22-6-5-19(12-27-22)21-10-25-14-26-11-21/h5-9,13,15-16,20H,10-12,14H2,1-4H3;5-10,13,15-16H,11-12,14H2,1-4H3;5-6,10-12,14-16,20H,7-9,13H2,1-4H3;5-7,10-12,14-16H,8-9,13H2,1-4H3. The third kappa shape index (κ3) is 23.4. The van der Waals surface area contributed by atoms with Crippen LogP contribution in [-0.4, -0.2) is 171 Å². The molecule has 0 spiro atoms. The van der Waals surface area contributed by atoms with Gasteiger partial charge in [0.1, 0.15) is 38.8 Å². The van der Waals surface area contributed by atoms with Gasteiger partial charge >= 0.3 is 0 Å². The molecule has 28 nitrogen and oxygen atoms in total.